The number of rotatable bonds is 0. The van der Waals surface area contributed by atoms with Gasteiger partial charge in [-0.25, -0.2) is 4.79 Å². The predicted octanol–water partition coefficient (Wildman–Crippen LogP) is -0.234. The fourth-order valence-electron chi connectivity index (χ4n) is 1.81. The maximum absolute atomic E-state index is 11.9. The average Bonchev–Trinajstić information content (AvgIpc) is 2.30. The summed E-state index contributed by atoms with van der Waals surface area (Å²) in [5.74, 6) is 0. The second-order valence-corrected chi connectivity index (χ2v) is 3.62. The van der Waals surface area contributed by atoms with Crippen molar-refractivity contribution in [1.29, 1.82) is 0 Å². The van der Waals surface area contributed by atoms with Crippen LogP contribution in [0.2, 0.25) is 0 Å². The molecule has 88 valence electrons. The van der Waals surface area contributed by atoms with Gasteiger partial charge in [-0.3, -0.25) is 0 Å². The molecule has 0 saturated carbocycles. The molecular formula is C9H18ClN3O2. The Morgan fingerprint density at radius 3 is 2.13 bits per heavy atom. The van der Waals surface area contributed by atoms with Gasteiger partial charge in [-0.1, -0.05) is 0 Å². The van der Waals surface area contributed by atoms with Gasteiger partial charge in [0.1, 0.15) is 0 Å². The largest absolute Gasteiger partial charge is 0.378 e. The molecule has 2 saturated heterocycles. The summed E-state index contributed by atoms with van der Waals surface area (Å²) in [6.45, 7) is 6.32. The van der Waals surface area contributed by atoms with Crippen LogP contribution < -0.4 is 5.32 Å². The van der Waals surface area contributed by atoms with E-state index in [1.165, 1.54) is 0 Å². The second kappa shape index (κ2) is 6.15. The number of carbonyl (C=O) groups excluding carboxylic acids is 1. The fourth-order valence-corrected chi connectivity index (χ4v) is 1.81. The molecule has 2 aliphatic heterocycles. The molecule has 0 atom stereocenters. The normalized spacial score (nSPS) is 22.1. The third-order valence-corrected chi connectivity index (χ3v) is 2.67. The van der Waals surface area contributed by atoms with E-state index in [0.29, 0.717) is 13.2 Å². The van der Waals surface area contributed by atoms with Gasteiger partial charge in [-0.15, -0.1) is 12.4 Å². The summed E-state index contributed by atoms with van der Waals surface area (Å²) in [5, 5.41) is 3.24. The summed E-state index contributed by atoms with van der Waals surface area (Å²) in [4.78, 5) is 15.7. The van der Waals surface area contributed by atoms with Crippen molar-refractivity contribution < 1.29 is 9.53 Å². The van der Waals surface area contributed by atoms with Crippen LogP contribution in [0.15, 0.2) is 0 Å². The molecule has 5 nitrogen and oxygen atoms in total. The summed E-state index contributed by atoms with van der Waals surface area (Å²) in [6.07, 6.45) is 0. The first kappa shape index (κ1) is 12.5. The van der Waals surface area contributed by atoms with Gasteiger partial charge < -0.3 is 19.9 Å². The number of ether oxygens (including phenoxy) is 1. The summed E-state index contributed by atoms with van der Waals surface area (Å²) >= 11 is 0. The van der Waals surface area contributed by atoms with E-state index < -0.39 is 0 Å². The quantitative estimate of drug-likeness (QED) is 0.631. The van der Waals surface area contributed by atoms with Crippen molar-refractivity contribution in [3.63, 3.8) is 0 Å². The minimum absolute atomic E-state index is 0. The summed E-state index contributed by atoms with van der Waals surface area (Å²) < 4.78 is 5.21. The Morgan fingerprint density at radius 1 is 1.00 bits per heavy atom. The van der Waals surface area contributed by atoms with E-state index in [4.69, 9.17) is 4.74 Å². The van der Waals surface area contributed by atoms with Gasteiger partial charge in [0, 0.05) is 39.3 Å². The summed E-state index contributed by atoms with van der Waals surface area (Å²) in [7, 11) is 0. The van der Waals surface area contributed by atoms with Gasteiger partial charge >= 0.3 is 6.03 Å². The Bertz CT molecular complexity index is 184. The van der Waals surface area contributed by atoms with E-state index in [1.807, 2.05) is 9.80 Å². The Morgan fingerprint density at radius 2 is 1.53 bits per heavy atom. The van der Waals surface area contributed by atoms with E-state index in [-0.39, 0.29) is 18.4 Å². The molecule has 0 bridgehead atoms. The summed E-state index contributed by atoms with van der Waals surface area (Å²) in [6, 6.07) is 0.176. The monoisotopic (exact) mass is 235 g/mol. The van der Waals surface area contributed by atoms with Gasteiger partial charge in [0.25, 0.3) is 0 Å². The van der Waals surface area contributed by atoms with Gasteiger partial charge in [-0.05, 0) is 0 Å². The molecule has 0 radical (unpaired) electrons. The standard InChI is InChI=1S/C9H17N3O2.ClH/c13-9(11-3-1-10-2-4-11)12-5-7-14-8-6-12;/h10H,1-8H2;1H. The van der Waals surface area contributed by atoms with Gasteiger partial charge in [-0.2, -0.15) is 0 Å². The van der Waals surface area contributed by atoms with Crippen LogP contribution in [0.4, 0.5) is 4.79 Å². The first-order valence-corrected chi connectivity index (χ1v) is 5.20. The molecule has 2 fully saturated rings. The van der Waals surface area contributed by atoms with Crippen LogP contribution in [0, 0.1) is 0 Å². The van der Waals surface area contributed by atoms with Crippen molar-refractivity contribution in [2.24, 2.45) is 0 Å². The third kappa shape index (κ3) is 3.22. The zero-order valence-corrected chi connectivity index (χ0v) is 9.59. The SMILES string of the molecule is Cl.O=C(N1CCNCC1)N1CCOCC1. The van der Waals surface area contributed by atoms with Gasteiger partial charge in [0.05, 0.1) is 13.2 Å². The van der Waals surface area contributed by atoms with Crippen molar-refractivity contribution in [3.05, 3.63) is 0 Å². The molecule has 0 aromatic rings. The zero-order valence-electron chi connectivity index (χ0n) is 8.78. The molecule has 2 amide bonds. The molecular weight excluding hydrogens is 218 g/mol. The van der Waals surface area contributed by atoms with E-state index in [9.17, 15) is 4.79 Å². The first-order chi connectivity index (χ1) is 6.88. The van der Waals surface area contributed by atoms with Crippen LogP contribution in [0.1, 0.15) is 0 Å². The molecule has 0 aliphatic carbocycles. The van der Waals surface area contributed by atoms with Crippen LogP contribution in [-0.4, -0.2) is 68.3 Å². The molecule has 2 heterocycles. The van der Waals surface area contributed by atoms with E-state index in [2.05, 4.69) is 5.32 Å². The number of carbonyl (C=O) groups is 1. The van der Waals surface area contributed by atoms with Crippen molar-refractivity contribution in [2.75, 3.05) is 52.5 Å². The maximum atomic E-state index is 11.9. The Balaban J connectivity index is 0.00000112. The number of hydrogen-bond acceptors (Lipinski definition) is 3. The number of amides is 2. The molecule has 0 aromatic carbocycles. The number of halogens is 1. The van der Waals surface area contributed by atoms with Gasteiger partial charge in [0.15, 0.2) is 0 Å². The van der Waals surface area contributed by atoms with Crippen LogP contribution in [0.3, 0.4) is 0 Å². The lowest BCUT2D eigenvalue weighted by molar-refractivity contribution is 0.0423. The number of piperazine rings is 1. The highest BCUT2D eigenvalue weighted by Gasteiger charge is 2.23. The highest BCUT2D eigenvalue weighted by molar-refractivity contribution is 5.85. The van der Waals surface area contributed by atoms with Crippen molar-refractivity contribution in [1.82, 2.24) is 15.1 Å². The highest BCUT2D eigenvalue weighted by atomic mass is 35.5. The molecule has 6 heteroatoms. The molecule has 0 aromatic heterocycles. The minimum Gasteiger partial charge on any atom is -0.378 e. The van der Waals surface area contributed by atoms with Crippen LogP contribution in [0.25, 0.3) is 0 Å². The lowest BCUT2D eigenvalue weighted by Gasteiger charge is -2.35. The first-order valence-electron chi connectivity index (χ1n) is 5.20. The molecule has 15 heavy (non-hydrogen) atoms. The van der Waals surface area contributed by atoms with Crippen molar-refractivity contribution in [2.45, 2.75) is 0 Å². The molecule has 2 aliphatic rings. The smallest absolute Gasteiger partial charge is 0.320 e. The molecule has 0 spiro atoms. The topological polar surface area (TPSA) is 44.8 Å². The Hall–Kier alpha value is -0.520. The third-order valence-electron chi connectivity index (χ3n) is 2.67. The van der Waals surface area contributed by atoms with E-state index >= 15 is 0 Å². The molecule has 2 rings (SSSR count). The zero-order chi connectivity index (χ0) is 9.80. The summed E-state index contributed by atoms with van der Waals surface area (Å²) in [5.41, 5.74) is 0. The highest BCUT2D eigenvalue weighted by Crippen LogP contribution is 2.04. The predicted molar refractivity (Wildman–Crippen MR) is 59.5 cm³/mol. The number of morpholine rings is 1. The second-order valence-electron chi connectivity index (χ2n) is 3.62. The Kier molecular flexibility index (Phi) is 5.14. The average molecular weight is 236 g/mol. The van der Waals surface area contributed by atoms with Crippen LogP contribution in [0.5, 0.6) is 0 Å². The number of nitrogens with zero attached hydrogens (tertiary/aromatic N) is 2. The fraction of sp³-hybridized carbons (Fsp3) is 0.889. The van der Waals surface area contributed by atoms with Crippen LogP contribution in [-0.2, 0) is 4.74 Å². The van der Waals surface area contributed by atoms with E-state index in [1.54, 1.807) is 0 Å². The number of nitrogens with one attached hydrogen (secondary N) is 1. The Labute approximate surface area is 96.1 Å². The minimum atomic E-state index is 0. The number of hydrogen-bond donors (Lipinski definition) is 1. The number of urea groups is 1. The maximum Gasteiger partial charge on any atom is 0.320 e. The van der Waals surface area contributed by atoms with Crippen LogP contribution >= 0.6 is 12.4 Å². The lowest BCUT2D eigenvalue weighted by atomic mass is 10.3. The van der Waals surface area contributed by atoms with Crippen molar-refractivity contribution >= 4 is 18.4 Å². The lowest BCUT2D eigenvalue weighted by Crippen LogP contribution is -2.53. The van der Waals surface area contributed by atoms with Crippen molar-refractivity contribution in [3.8, 4) is 0 Å². The van der Waals surface area contributed by atoms with Gasteiger partial charge in [0.2, 0.25) is 0 Å². The molecule has 0 unspecified atom stereocenters. The van der Waals surface area contributed by atoms with E-state index in [0.717, 1.165) is 39.3 Å². The molecule has 1 N–H and O–H groups in total.